The highest BCUT2D eigenvalue weighted by molar-refractivity contribution is 5.00. The molecule has 72 valence electrons. The van der Waals surface area contributed by atoms with Crippen LogP contribution in [0.25, 0.3) is 0 Å². The fraction of sp³-hybridized carbons (Fsp3) is 0.778. The van der Waals surface area contributed by atoms with Gasteiger partial charge >= 0.3 is 0 Å². The molecule has 1 aliphatic rings. The van der Waals surface area contributed by atoms with Crippen LogP contribution in [0.4, 0.5) is 0 Å². The van der Waals surface area contributed by atoms with Crippen LogP contribution < -0.4 is 5.73 Å². The molecule has 0 radical (unpaired) electrons. The predicted octanol–water partition coefficient (Wildman–Crippen LogP) is 1.43. The number of rotatable bonds is 3. The van der Waals surface area contributed by atoms with Crippen molar-refractivity contribution in [3.05, 3.63) is 12.2 Å². The van der Waals surface area contributed by atoms with E-state index in [0.717, 1.165) is 12.3 Å². The lowest BCUT2D eigenvalue weighted by Crippen LogP contribution is -2.37. The molecule has 1 aliphatic carbocycles. The average molecular weight is 181 g/mol. The van der Waals surface area contributed by atoms with Crippen LogP contribution in [0.1, 0.15) is 38.4 Å². The van der Waals surface area contributed by atoms with Crippen LogP contribution in [-0.2, 0) is 5.54 Å². The maximum absolute atomic E-state index is 6.11. The molecule has 2 rings (SSSR count). The van der Waals surface area contributed by atoms with Gasteiger partial charge in [-0.1, -0.05) is 24.4 Å². The largest absolute Gasteiger partial charge is 0.343 e. The van der Waals surface area contributed by atoms with Crippen molar-refractivity contribution >= 4 is 0 Å². The summed E-state index contributed by atoms with van der Waals surface area (Å²) in [7, 11) is 0. The Morgan fingerprint density at radius 1 is 1.69 bits per heavy atom. The predicted molar refractivity (Wildman–Crippen MR) is 47.8 cm³/mol. The Hall–Kier alpha value is -0.900. The first-order valence-corrected chi connectivity index (χ1v) is 4.74. The van der Waals surface area contributed by atoms with Gasteiger partial charge in [0.25, 0.3) is 0 Å². The van der Waals surface area contributed by atoms with Gasteiger partial charge in [0, 0.05) is 0 Å². The van der Waals surface area contributed by atoms with Gasteiger partial charge in [0.1, 0.15) is 0 Å². The Bertz CT molecular complexity index is 264. The zero-order valence-corrected chi connectivity index (χ0v) is 7.86. The molecule has 1 aromatic rings. The van der Waals surface area contributed by atoms with Crippen LogP contribution in [0.5, 0.6) is 0 Å². The molecule has 1 atom stereocenters. The molecule has 0 spiro atoms. The van der Waals surface area contributed by atoms with Crippen molar-refractivity contribution in [3.8, 4) is 0 Å². The fourth-order valence-corrected chi connectivity index (χ4v) is 1.81. The Morgan fingerprint density at radius 2 is 2.46 bits per heavy atom. The first-order chi connectivity index (χ1) is 6.18. The molecule has 0 amide bonds. The fourth-order valence-electron chi connectivity index (χ4n) is 1.81. The van der Waals surface area contributed by atoms with Gasteiger partial charge in [-0.2, -0.15) is 4.98 Å². The molecule has 1 heterocycles. The summed E-state index contributed by atoms with van der Waals surface area (Å²) in [6, 6.07) is 0. The summed E-state index contributed by atoms with van der Waals surface area (Å²) >= 11 is 0. The first kappa shape index (κ1) is 8.69. The van der Waals surface area contributed by atoms with E-state index in [0.29, 0.717) is 5.82 Å². The monoisotopic (exact) mass is 181 g/mol. The zero-order chi connectivity index (χ0) is 9.31. The second-order valence-electron chi connectivity index (χ2n) is 4.17. The molecule has 4 heteroatoms. The molecular weight excluding hydrogens is 166 g/mol. The minimum absolute atomic E-state index is 0.419. The van der Waals surface area contributed by atoms with E-state index in [-0.39, 0.29) is 0 Å². The van der Waals surface area contributed by atoms with Crippen LogP contribution in [0.2, 0.25) is 0 Å². The van der Waals surface area contributed by atoms with Gasteiger partial charge in [-0.3, -0.25) is 0 Å². The number of hydrogen-bond acceptors (Lipinski definition) is 4. The first-order valence-electron chi connectivity index (χ1n) is 4.74. The van der Waals surface area contributed by atoms with Crippen molar-refractivity contribution in [2.75, 3.05) is 0 Å². The van der Waals surface area contributed by atoms with Crippen LogP contribution in [0, 0.1) is 5.92 Å². The molecule has 1 fully saturated rings. The number of hydrogen-bond donors (Lipinski definition) is 1. The van der Waals surface area contributed by atoms with E-state index in [4.69, 9.17) is 10.3 Å². The van der Waals surface area contributed by atoms with Crippen molar-refractivity contribution in [2.24, 2.45) is 11.7 Å². The summed E-state index contributed by atoms with van der Waals surface area (Å²) in [5.74, 6) is 1.38. The summed E-state index contributed by atoms with van der Waals surface area (Å²) in [5.41, 5.74) is 5.69. The topological polar surface area (TPSA) is 64.9 Å². The van der Waals surface area contributed by atoms with Crippen LogP contribution >= 0.6 is 0 Å². The van der Waals surface area contributed by atoms with E-state index in [9.17, 15) is 0 Å². The highest BCUT2D eigenvalue weighted by Gasteiger charge is 2.32. The quantitative estimate of drug-likeness (QED) is 0.766. The number of aromatic nitrogens is 2. The van der Waals surface area contributed by atoms with Gasteiger partial charge in [0.2, 0.25) is 6.39 Å². The molecule has 1 saturated carbocycles. The normalized spacial score (nSPS) is 22.3. The van der Waals surface area contributed by atoms with Crippen molar-refractivity contribution in [2.45, 2.75) is 38.1 Å². The second-order valence-corrected chi connectivity index (χ2v) is 4.17. The molecule has 2 N–H and O–H groups in total. The third kappa shape index (κ3) is 1.72. The van der Waals surface area contributed by atoms with Gasteiger partial charge in [-0.15, -0.1) is 0 Å². The minimum Gasteiger partial charge on any atom is -0.343 e. The van der Waals surface area contributed by atoms with Crippen molar-refractivity contribution in [1.82, 2.24) is 10.1 Å². The lowest BCUT2D eigenvalue weighted by molar-refractivity contribution is 0.225. The van der Waals surface area contributed by atoms with Gasteiger partial charge < -0.3 is 10.3 Å². The number of nitrogens with zero attached hydrogens (tertiary/aromatic N) is 2. The maximum atomic E-state index is 6.11. The average Bonchev–Trinajstić information content (AvgIpc) is 2.49. The van der Waals surface area contributed by atoms with Crippen molar-refractivity contribution in [3.63, 3.8) is 0 Å². The maximum Gasteiger partial charge on any atom is 0.213 e. The molecule has 1 aromatic heterocycles. The van der Waals surface area contributed by atoms with Crippen molar-refractivity contribution in [1.29, 1.82) is 0 Å². The molecule has 0 aliphatic heterocycles. The zero-order valence-electron chi connectivity index (χ0n) is 7.86. The van der Waals surface area contributed by atoms with E-state index in [1.807, 2.05) is 6.92 Å². The Labute approximate surface area is 77.5 Å². The summed E-state index contributed by atoms with van der Waals surface area (Å²) in [5, 5.41) is 3.79. The molecule has 0 aromatic carbocycles. The summed E-state index contributed by atoms with van der Waals surface area (Å²) in [6.45, 7) is 1.97. The Balaban J connectivity index is 2.02. The second kappa shape index (κ2) is 3.10. The smallest absolute Gasteiger partial charge is 0.213 e. The Kier molecular flexibility index (Phi) is 2.07. The minimum atomic E-state index is -0.419. The molecule has 4 nitrogen and oxygen atoms in total. The van der Waals surface area contributed by atoms with Gasteiger partial charge in [-0.25, -0.2) is 0 Å². The van der Waals surface area contributed by atoms with E-state index in [1.165, 1.54) is 25.7 Å². The highest BCUT2D eigenvalue weighted by atomic mass is 16.5. The molecule has 0 saturated heterocycles. The van der Waals surface area contributed by atoms with Gasteiger partial charge in [0.05, 0.1) is 5.54 Å². The third-order valence-electron chi connectivity index (χ3n) is 2.81. The molecule has 13 heavy (non-hydrogen) atoms. The van der Waals surface area contributed by atoms with Crippen LogP contribution in [-0.4, -0.2) is 10.1 Å². The SMILES string of the molecule is CC(N)(CC1CCC1)c1ncon1. The molecule has 0 bridgehead atoms. The lowest BCUT2D eigenvalue weighted by Gasteiger charge is -2.32. The standard InChI is InChI=1S/C9H15N3O/c1-9(10,5-7-3-2-4-7)8-11-6-13-12-8/h6-7H,2-5,10H2,1H3. The Morgan fingerprint density at radius 3 is 2.92 bits per heavy atom. The van der Waals surface area contributed by atoms with Crippen molar-refractivity contribution < 1.29 is 4.52 Å². The lowest BCUT2D eigenvalue weighted by atomic mass is 9.76. The van der Waals surface area contributed by atoms with E-state index in [2.05, 4.69) is 10.1 Å². The van der Waals surface area contributed by atoms with Crippen LogP contribution in [0.3, 0.4) is 0 Å². The van der Waals surface area contributed by atoms with E-state index < -0.39 is 5.54 Å². The van der Waals surface area contributed by atoms with Gasteiger partial charge in [-0.05, 0) is 19.3 Å². The van der Waals surface area contributed by atoms with E-state index >= 15 is 0 Å². The molecular formula is C9H15N3O. The van der Waals surface area contributed by atoms with Gasteiger partial charge in [0.15, 0.2) is 5.82 Å². The number of nitrogens with two attached hydrogens (primary N) is 1. The van der Waals surface area contributed by atoms with E-state index in [1.54, 1.807) is 0 Å². The molecule has 1 unspecified atom stereocenters. The summed E-state index contributed by atoms with van der Waals surface area (Å²) in [4.78, 5) is 4.00. The summed E-state index contributed by atoms with van der Waals surface area (Å²) < 4.78 is 4.69. The highest BCUT2D eigenvalue weighted by Crippen LogP contribution is 2.35. The van der Waals surface area contributed by atoms with Crippen LogP contribution in [0.15, 0.2) is 10.9 Å². The summed E-state index contributed by atoms with van der Waals surface area (Å²) in [6.07, 6.45) is 6.23. The third-order valence-corrected chi connectivity index (χ3v) is 2.81.